The van der Waals surface area contributed by atoms with Gasteiger partial charge in [-0.05, 0) is 37.1 Å². The zero-order valence-electron chi connectivity index (χ0n) is 12.1. The Morgan fingerprint density at radius 3 is 2.65 bits per heavy atom. The van der Waals surface area contributed by atoms with E-state index in [-0.39, 0.29) is 0 Å². The lowest BCUT2D eigenvalue weighted by atomic mass is 10.0. The molecule has 0 amide bonds. The van der Waals surface area contributed by atoms with Gasteiger partial charge in [-0.15, -0.1) is 11.3 Å². The van der Waals surface area contributed by atoms with Crippen LogP contribution in [0.25, 0.3) is 0 Å². The molecule has 1 atom stereocenters. The van der Waals surface area contributed by atoms with E-state index in [0.29, 0.717) is 6.04 Å². The minimum absolute atomic E-state index is 0.439. The predicted molar refractivity (Wildman–Crippen MR) is 84.6 cm³/mol. The first kappa shape index (κ1) is 15.0. The second-order valence-electron chi connectivity index (χ2n) is 4.83. The molecule has 0 radical (unpaired) electrons. The first-order valence-electron chi connectivity index (χ1n) is 7.06. The molecule has 0 spiro atoms. The topological polar surface area (TPSA) is 34.1 Å². The number of methoxy groups -OCH3 is 1. The van der Waals surface area contributed by atoms with E-state index in [2.05, 4.69) is 29.4 Å². The van der Waals surface area contributed by atoms with Crippen LogP contribution in [-0.2, 0) is 12.8 Å². The summed E-state index contributed by atoms with van der Waals surface area (Å²) in [5.74, 6) is 0.909. The monoisotopic (exact) mass is 290 g/mol. The number of nitrogens with zero attached hydrogens (tertiary/aromatic N) is 1. The predicted octanol–water partition coefficient (Wildman–Crippen LogP) is 3.31. The Morgan fingerprint density at radius 1 is 1.25 bits per heavy atom. The molecule has 0 fully saturated rings. The average molecular weight is 290 g/mol. The third-order valence-electron chi connectivity index (χ3n) is 3.23. The lowest BCUT2D eigenvalue weighted by molar-refractivity contribution is 0.414. The molecule has 1 heterocycles. The van der Waals surface area contributed by atoms with Crippen LogP contribution in [0.5, 0.6) is 5.75 Å². The van der Waals surface area contributed by atoms with Crippen molar-refractivity contribution in [1.82, 2.24) is 10.3 Å². The van der Waals surface area contributed by atoms with Gasteiger partial charge in [-0.1, -0.05) is 19.1 Å². The van der Waals surface area contributed by atoms with E-state index in [1.807, 2.05) is 23.7 Å². The molecule has 0 aliphatic heterocycles. The molecule has 108 valence electrons. The number of hydrogen-bond donors (Lipinski definition) is 1. The highest BCUT2D eigenvalue weighted by atomic mass is 32.1. The quantitative estimate of drug-likeness (QED) is 0.810. The van der Waals surface area contributed by atoms with Crippen molar-refractivity contribution in [3.63, 3.8) is 0 Å². The van der Waals surface area contributed by atoms with Gasteiger partial charge in [0.15, 0.2) is 0 Å². The molecule has 1 aromatic carbocycles. The van der Waals surface area contributed by atoms with Crippen molar-refractivity contribution in [3.05, 3.63) is 46.4 Å². The Hall–Kier alpha value is -1.39. The Kier molecular flexibility index (Phi) is 6.02. The van der Waals surface area contributed by atoms with E-state index in [0.717, 1.165) is 31.6 Å². The van der Waals surface area contributed by atoms with E-state index in [4.69, 9.17) is 4.74 Å². The van der Waals surface area contributed by atoms with Gasteiger partial charge in [-0.25, -0.2) is 4.98 Å². The summed E-state index contributed by atoms with van der Waals surface area (Å²) in [7, 11) is 1.70. The lowest BCUT2D eigenvalue weighted by Gasteiger charge is -2.17. The van der Waals surface area contributed by atoms with Crippen LogP contribution in [0.1, 0.15) is 23.9 Å². The Bertz CT molecular complexity index is 482. The van der Waals surface area contributed by atoms with Gasteiger partial charge in [0.2, 0.25) is 0 Å². The van der Waals surface area contributed by atoms with Gasteiger partial charge >= 0.3 is 0 Å². The molecular formula is C16H22N2OS. The Labute approximate surface area is 125 Å². The van der Waals surface area contributed by atoms with Gasteiger partial charge in [0, 0.05) is 24.0 Å². The van der Waals surface area contributed by atoms with Crippen molar-refractivity contribution in [2.45, 2.75) is 32.2 Å². The first-order chi connectivity index (χ1) is 9.81. The second kappa shape index (κ2) is 8.02. The van der Waals surface area contributed by atoms with Crippen LogP contribution >= 0.6 is 11.3 Å². The maximum atomic E-state index is 5.20. The molecule has 0 aliphatic rings. The summed E-state index contributed by atoms with van der Waals surface area (Å²) >= 11 is 1.73. The fourth-order valence-electron chi connectivity index (χ4n) is 2.18. The smallest absolute Gasteiger partial charge is 0.118 e. The minimum Gasteiger partial charge on any atom is -0.497 e. The van der Waals surface area contributed by atoms with Crippen molar-refractivity contribution in [1.29, 1.82) is 0 Å². The number of thiazole rings is 1. The number of aromatic nitrogens is 1. The number of hydrogen-bond acceptors (Lipinski definition) is 4. The lowest BCUT2D eigenvalue weighted by Crippen LogP contribution is -2.33. The van der Waals surface area contributed by atoms with E-state index in [1.165, 1.54) is 10.6 Å². The Morgan fingerprint density at radius 2 is 2.05 bits per heavy atom. The maximum Gasteiger partial charge on any atom is 0.118 e. The van der Waals surface area contributed by atoms with Crippen molar-refractivity contribution in [2.75, 3.05) is 13.7 Å². The van der Waals surface area contributed by atoms with Crippen molar-refractivity contribution in [3.8, 4) is 5.75 Å². The molecule has 0 saturated carbocycles. The minimum atomic E-state index is 0.439. The highest BCUT2D eigenvalue weighted by Crippen LogP contribution is 2.15. The van der Waals surface area contributed by atoms with Crippen LogP contribution in [0.15, 0.2) is 35.8 Å². The zero-order valence-corrected chi connectivity index (χ0v) is 13.0. The standard InChI is InChI=1S/C16H22N2OS/c1-3-8-17-14(12-16-18-9-10-20-16)11-13-4-6-15(19-2)7-5-13/h4-7,9-10,14,17H,3,8,11-12H2,1-2H3. The van der Waals surface area contributed by atoms with Gasteiger partial charge in [-0.2, -0.15) is 0 Å². The van der Waals surface area contributed by atoms with Crippen molar-refractivity contribution < 1.29 is 4.74 Å². The molecule has 0 saturated heterocycles. The summed E-state index contributed by atoms with van der Waals surface area (Å²) < 4.78 is 5.20. The molecule has 3 nitrogen and oxygen atoms in total. The maximum absolute atomic E-state index is 5.20. The zero-order chi connectivity index (χ0) is 14.2. The van der Waals surface area contributed by atoms with Crippen LogP contribution in [0.4, 0.5) is 0 Å². The van der Waals surface area contributed by atoms with Crippen molar-refractivity contribution >= 4 is 11.3 Å². The number of rotatable bonds is 8. The van der Waals surface area contributed by atoms with Gasteiger partial charge in [0.05, 0.1) is 12.1 Å². The summed E-state index contributed by atoms with van der Waals surface area (Å²) in [4.78, 5) is 4.39. The largest absolute Gasteiger partial charge is 0.497 e. The molecule has 0 bridgehead atoms. The molecule has 0 aliphatic carbocycles. The van der Waals surface area contributed by atoms with Crippen LogP contribution < -0.4 is 10.1 Å². The number of ether oxygens (including phenoxy) is 1. The molecule has 2 aromatic rings. The highest BCUT2D eigenvalue weighted by molar-refractivity contribution is 7.09. The summed E-state index contributed by atoms with van der Waals surface area (Å²) in [5.41, 5.74) is 1.33. The molecule has 1 aromatic heterocycles. The molecule has 1 N–H and O–H groups in total. The fraction of sp³-hybridized carbons (Fsp3) is 0.438. The summed E-state index contributed by atoms with van der Waals surface area (Å²) in [5, 5.41) is 6.86. The van der Waals surface area contributed by atoms with E-state index in [9.17, 15) is 0 Å². The van der Waals surface area contributed by atoms with Gasteiger partial charge in [0.25, 0.3) is 0 Å². The molecular weight excluding hydrogens is 268 g/mol. The van der Waals surface area contributed by atoms with Crippen LogP contribution in [0, 0.1) is 0 Å². The Balaban J connectivity index is 1.98. The number of nitrogens with one attached hydrogen (secondary N) is 1. The van der Waals surface area contributed by atoms with Gasteiger partial charge in [0.1, 0.15) is 5.75 Å². The van der Waals surface area contributed by atoms with Gasteiger partial charge < -0.3 is 10.1 Å². The van der Waals surface area contributed by atoms with E-state index >= 15 is 0 Å². The summed E-state index contributed by atoms with van der Waals surface area (Å²) in [6.45, 7) is 3.24. The average Bonchev–Trinajstić information content (AvgIpc) is 2.98. The third kappa shape index (κ3) is 4.62. The van der Waals surface area contributed by atoms with Gasteiger partial charge in [-0.3, -0.25) is 0 Å². The van der Waals surface area contributed by atoms with Crippen molar-refractivity contribution in [2.24, 2.45) is 0 Å². The third-order valence-corrected chi connectivity index (χ3v) is 4.03. The molecule has 1 unspecified atom stereocenters. The van der Waals surface area contributed by atoms with Crippen LogP contribution in [0.2, 0.25) is 0 Å². The van der Waals surface area contributed by atoms with Crippen LogP contribution in [0.3, 0.4) is 0 Å². The summed E-state index contributed by atoms with van der Waals surface area (Å²) in [6, 6.07) is 8.77. The van der Waals surface area contributed by atoms with Crippen LogP contribution in [-0.4, -0.2) is 24.7 Å². The SMILES string of the molecule is CCCNC(Cc1ccc(OC)cc1)Cc1nccs1. The second-order valence-corrected chi connectivity index (χ2v) is 5.81. The van der Waals surface area contributed by atoms with E-state index in [1.54, 1.807) is 18.4 Å². The summed E-state index contributed by atoms with van der Waals surface area (Å²) in [6.07, 6.45) is 5.04. The normalized spacial score (nSPS) is 12.3. The first-order valence-corrected chi connectivity index (χ1v) is 7.94. The highest BCUT2D eigenvalue weighted by Gasteiger charge is 2.11. The molecule has 20 heavy (non-hydrogen) atoms. The van der Waals surface area contributed by atoms with E-state index < -0.39 is 0 Å². The fourth-order valence-corrected chi connectivity index (χ4v) is 2.87. The number of benzene rings is 1. The molecule has 2 rings (SSSR count). The molecule has 4 heteroatoms.